The Kier molecular flexibility index (Phi) is 7.72. The molecular formula is C20H28. The van der Waals surface area contributed by atoms with Gasteiger partial charge in [0, 0.05) is 0 Å². The Morgan fingerprint density at radius 3 is 0.950 bits per heavy atom. The maximum Gasteiger partial charge on any atom is -0.0307 e. The van der Waals surface area contributed by atoms with E-state index in [2.05, 4.69) is 76.2 Å². The van der Waals surface area contributed by atoms with E-state index in [4.69, 9.17) is 0 Å². The highest BCUT2D eigenvalue weighted by Gasteiger charge is 1.90. The molecule has 108 valence electrons. The molecule has 0 aliphatic heterocycles. The lowest BCUT2D eigenvalue weighted by Gasteiger charge is -1.98. The molecule has 0 unspecified atom stereocenters. The van der Waals surface area contributed by atoms with Crippen LogP contribution in [0.3, 0.4) is 0 Å². The van der Waals surface area contributed by atoms with Gasteiger partial charge < -0.3 is 0 Å². The van der Waals surface area contributed by atoms with Crippen molar-refractivity contribution in [3.8, 4) is 0 Å². The molecule has 0 spiro atoms. The number of rotatable bonds is 4. The third-order valence-corrected chi connectivity index (χ3v) is 3.62. The van der Waals surface area contributed by atoms with Crippen LogP contribution in [0.25, 0.3) is 0 Å². The van der Waals surface area contributed by atoms with Crippen molar-refractivity contribution in [2.45, 2.75) is 53.4 Å². The topological polar surface area (TPSA) is 0 Å². The summed E-state index contributed by atoms with van der Waals surface area (Å²) in [6.45, 7) is 8.76. The lowest BCUT2D eigenvalue weighted by atomic mass is 10.1. The van der Waals surface area contributed by atoms with E-state index in [1.807, 2.05) is 0 Å². The van der Waals surface area contributed by atoms with E-state index >= 15 is 0 Å². The van der Waals surface area contributed by atoms with Gasteiger partial charge in [0.1, 0.15) is 0 Å². The molecule has 0 heterocycles. The van der Waals surface area contributed by atoms with Gasteiger partial charge in [0.05, 0.1) is 0 Å². The van der Waals surface area contributed by atoms with E-state index in [0.29, 0.717) is 0 Å². The van der Waals surface area contributed by atoms with Crippen LogP contribution in [0, 0.1) is 0 Å². The SMILES string of the molecule is CCc1cccc(CC)c1.CCc1cccc(CC)c1. The molecule has 0 radical (unpaired) electrons. The Hall–Kier alpha value is -1.56. The zero-order chi connectivity index (χ0) is 14.8. The van der Waals surface area contributed by atoms with Crippen LogP contribution < -0.4 is 0 Å². The zero-order valence-corrected chi connectivity index (χ0v) is 13.4. The molecule has 0 nitrogen and oxygen atoms in total. The first-order valence-corrected chi connectivity index (χ1v) is 7.89. The van der Waals surface area contributed by atoms with Crippen LogP contribution in [-0.4, -0.2) is 0 Å². The molecule has 2 aromatic carbocycles. The lowest BCUT2D eigenvalue weighted by molar-refractivity contribution is 1.09. The molecule has 0 atom stereocenters. The monoisotopic (exact) mass is 268 g/mol. The van der Waals surface area contributed by atoms with Crippen molar-refractivity contribution in [2.24, 2.45) is 0 Å². The molecule has 0 saturated carbocycles. The summed E-state index contributed by atoms with van der Waals surface area (Å²) in [7, 11) is 0. The molecule has 2 aromatic rings. The molecule has 0 fully saturated rings. The number of benzene rings is 2. The van der Waals surface area contributed by atoms with Gasteiger partial charge >= 0.3 is 0 Å². The Morgan fingerprint density at radius 2 is 0.750 bits per heavy atom. The number of hydrogen-bond acceptors (Lipinski definition) is 0. The van der Waals surface area contributed by atoms with Crippen molar-refractivity contribution in [1.82, 2.24) is 0 Å². The molecule has 0 aliphatic rings. The Labute approximate surface area is 124 Å². The minimum absolute atomic E-state index is 1.15. The van der Waals surface area contributed by atoms with Crippen molar-refractivity contribution in [3.05, 3.63) is 70.8 Å². The van der Waals surface area contributed by atoms with Crippen LogP contribution in [0.4, 0.5) is 0 Å². The molecular weight excluding hydrogens is 240 g/mol. The predicted molar refractivity (Wildman–Crippen MR) is 90.4 cm³/mol. The van der Waals surface area contributed by atoms with Gasteiger partial charge in [0.2, 0.25) is 0 Å². The molecule has 0 saturated heterocycles. The van der Waals surface area contributed by atoms with E-state index in [9.17, 15) is 0 Å². The highest BCUT2D eigenvalue weighted by atomic mass is 14.0. The molecule has 0 bridgehead atoms. The molecule has 2 rings (SSSR count). The molecule has 0 heteroatoms. The maximum absolute atomic E-state index is 2.28. The summed E-state index contributed by atoms with van der Waals surface area (Å²) in [6, 6.07) is 17.5. The molecule has 0 aromatic heterocycles. The number of hydrogen-bond donors (Lipinski definition) is 0. The lowest BCUT2D eigenvalue weighted by Crippen LogP contribution is -1.83. The van der Waals surface area contributed by atoms with Crippen molar-refractivity contribution in [3.63, 3.8) is 0 Å². The molecule has 0 aliphatic carbocycles. The van der Waals surface area contributed by atoms with Gasteiger partial charge in [-0.3, -0.25) is 0 Å². The van der Waals surface area contributed by atoms with Gasteiger partial charge in [0.15, 0.2) is 0 Å². The summed E-state index contributed by atoms with van der Waals surface area (Å²) in [5, 5.41) is 0. The summed E-state index contributed by atoms with van der Waals surface area (Å²) in [6.07, 6.45) is 4.59. The fourth-order valence-electron chi connectivity index (χ4n) is 2.14. The van der Waals surface area contributed by atoms with Gasteiger partial charge in [-0.05, 0) is 47.9 Å². The van der Waals surface area contributed by atoms with Crippen molar-refractivity contribution in [2.75, 3.05) is 0 Å². The Bertz CT molecular complexity index is 411. The van der Waals surface area contributed by atoms with Crippen LogP contribution in [0.15, 0.2) is 48.5 Å². The van der Waals surface area contributed by atoms with Gasteiger partial charge in [-0.1, -0.05) is 76.2 Å². The van der Waals surface area contributed by atoms with E-state index in [1.165, 1.54) is 22.3 Å². The van der Waals surface area contributed by atoms with Crippen molar-refractivity contribution < 1.29 is 0 Å². The van der Waals surface area contributed by atoms with Crippen LogP contribution >= 0.6 is 0 Å². The molecule has 20 heavy (non-hydrogen) atoms. The van der Waals surface area contributed by atoms with Crippen molar-refractivity contribution in [1.29, 1.82) is 0 Å². The fraction of sp³-hybridized carbons (Fsp3) is 0.400. The molecule has 0 amide bonds. The summed E-state index contributed by atoms with van der Waals surface area (Å²) >= 11 is 0. The zero-order valence-electron chi connectivity index (χ0n) is 13.4. The Balaban J connectivity index is 0.000000200. The van der Waals surface area contributed by atoms with Gasteiger partial charge in [-0.25, -0.2) is 0 Å². The average Bonchev–Trinajstić information content (AvgIpc) is 2.55. The summed E-state index contributed by atoms with van der Waals surface area (Å²) in [4.78, 5) is 0. The summed E-state index contributed by atoms with van der Waals surface area (Å²) < 4.78 is 0. The van der Waals surface area contributed by atoms with Gasteiger partial charge in [0.25, 0.3) is 0 Å². The van der Waals surface area contributed by atoms with E-state index in [-0.39, 0.29) is 0 Å². The summed E-state index contributed by atoms with van der Waals surface area (Å²) in [5.74, 6) is 0. The van der Waals surface area contributed by atoms with E-state index in [0.717, 1.165) is 25.7 Å². The van der Waals surface area contributed by atoms with Gasteiger partial charge in [-0.2, -0.15) is 0 Å². The standard InChI is InChI=1S/2C10H14/c2*1-3-9-6-5-7-10(4-2)8-9/h2*5-8H,3-4H2,1-2H3. The highest BCUT2D eigenvalue weighted by Crippen LogP contribution is 2.06. The van der Waals surface area contributed by atoms with Crippen LogP contribution in [0.5, 0.6) is 0 Å². The van der Waals surface area contributed by atoms with Crippen LogP contribution in [0.1, 0.15) is 49.9 Å². The minimum atomic E-state index is 1.15. The third-order valence-electron chi connectivity index (χ3n) is 3.62. The third kappa shape index (κ3) is 5.61. The number of aryl methyl sites for hydroxylation is 4. The average molecular weight is 268 g/mol. The van der Waals surface area contributed by atoms with Gasteiger partial charge in [-0.15, -0.1) is 0 Å². The first-order chi connectivity index (χ1) is 9.73. The van der Waals surface area contributed by atoms with Crippen LogP contribution in [-0.2, 0) is 25.7 Å². The smallest absolute Gasteiger partial charge is 0.0307 e. The molecule has 0 N–H and O–H groups in total. The Morgan fingerprint density at radius 1 is 0.500 bits per heavy atom. The van der Waals surface area contributed by atoms with E-state index in [1.54, 1.807) is 0 Å². The quantitative estimate of drug-likeness (QED) is 0.675. The maximum atomic E-state index is 2.28. The van der Waals surface area contributed by atoms with Crippen molar-refractivity contribution >= 4 is 0 Å². The fourth-order valence-corrected chi connectivity index (χ4v) is 2.14. The van der Waals surface area contributed by atoms with E-state index < -0.39 is 0 Å². The normalized spacial score (nSPS) is 9.80. The largest absolute Gasteiger partial charge is 0.0617 e. The van der Waals surface area contributed by atoms with Crippen LogP contribution in [0.2, 0.25) is 0 Å². The first kappa shape index (κ1) is 16.5. The first-order valence-electron chi connectivity index (χ1n) is 7.89. The second-order valence-corrected chi connectivity index (χ2v) is 5.05. The second kappa shape index (κ2) is 9.36. The predicted octanol–water partition coefficient (Wildman–Crippen LogP) is 5.62. The second-order valence-electron chi connectivity index (χ2n) is 5.05. The minimum Gasteiger partial charge on any atom is -0.0617 e. The highest BCUT2D eigenvalue weighted by molar-refractivity contribution is 5.23. The summed E-state index contributed by atoms with van der Waals surface area (Å²) in [5.41, 5.74) is 5.78.